The summed E-state index contributed by atoms with van der Waals surface area (Å²) >= 11 is 0. The summed E-state index contributed by atoms with van der Waals surface area (Å²) in [6.07, 6.45) is 2.68. The second kappa shape index (κ2) is 5.15. The molecule has 0 aromatic carbocycles. The van der Waals surface area contributed by atoms with Crippen molar-refractivity contribution in [3.8, 4) is 0 Å². The Kier molecular flexibility index (Phi) is 4.33. The van der Waals surface area contributed by atoms with Crippen LogP contribution in [0.3, 0.4) is 0 Å². The molecule has 0 saturated heterocycles. The molecule has 4 heteroatoms. The van der Waals surface area contributed by atoms with Crippen LogP contribution >= 0.6 is 0 Å². The molecule has 1 saturated carbocycles. The van der Waals surface area contributed by atoms with Crippen LogP contribution in [-0.4, -0.2) is 29.2 Å². The van der Waals surface area contributed by atoms with E-state index in [0.29, 0.717) is 18.3 Å². The van der Waals surface area contributed by atoms with E-state index in [0.717, 1.165) is 12.8 Å². The topological polar surface area (TPSA) is 75.3 Å². The van der Waals surface area contributed by atoms with Crippen LogP contribution in [0.25, 0.3) is 0 Å². The third-order valence-corrected chi connectivity index (χ3v) is 3.48. The van der Waals surface area contributed by atoms with Gasteiger partial charge in [-0.25, -0.2) is 0 Å². The molecule has 0 radical (unpaired) electrons. The van der Waals surface area contributed by atoms with Gasteiger partial charge in [0, 0.05) is 12.6 Å². The highest BCUT2D eigenvalue weighted by molar-refractivity contribution is 5.86. The van der Waals surface area contributed by atoms with E-state index < -0.39 is 5.54 Å². The first-order chi connectivity index (χ1) is 7.39. The average Bonchev–Trinajstić information content (AvgIpc) is 2.99. The van der Waals surface area contributed by atoms with Crippen LogP contribution in [0.15, 0.2) is 0 Å². The van der Waals surface area contributed by atoms with E-state index in [1.807, 2.05) is 13.8 Å². The smallest absolute Gasteiger partial charge is 0.240 e. The van der Waals surface area contributed by atoms with Crippen molar-refractivity contribution in [2.45, 2.75) is 51.6 Å². The molecule has 0 aromatic rings. The van der Waals surface area contributed by atoms with Crippen molar-refractivity contribution < 1.29 is 9.90 Å². The minimum Gasteiger partial charge on any atom is -0.396 e. The van der Waals surface area contributed by atoms with Crippen LogP contribution in [0.2, 0.25) is 0 Å². The van der Waals surface area contributed by atoms with Crippen LogP contribution in [0, 0.1) is 11.8 Å². The molecule has 2 unspecified atom stereocenters. The first kappa shape index (κ1) is 13.5. The summed E-state index contributed by atoms with van der Waals surface area (Å²) in [5.41, 5.74) is 5.29. The summed E-state index contributed by atoms with van der Waals surface area (Å²) in [5.74, 6) is 0.558. The largest absolute Gasteiger partial charge is 0.396 e. The van der Waals surface area contributed by atoms with E-state index in [9.17, 15) is 4.79 Å². The number of rotatable bonds is 6. The fraction of sp³-hybridized carbons (Fsp3) is 0.917. The van der Waals surface area contributed by atoms with Gasteiger partial charge in [-0.1, -0.05) is 13.8 Å². The van der Waals surface area contributed by atoms with Gasteiger partial charge < -0.3 is 16.2 Å². The van der Waals surface area contributed by atoms with Crippen molar-refractivity contribution in [1.29, 1.82) is 0 Å². The third kappa shape index (κ3) is 3.19. The molecule has 16 heavy (non-hydrogen) atoms. The van der Waals surface area contributed by atoms with Crippen LogP contribution in [0.5, 0.6) is 0 Å². The maximum absolute atomic E-state index is 12.0. The highest BCUT2D eigenvalue weighted by Crippen LogP contribution is 2.38. The van der Waals surface area contributed by atoms with E-state index in [2.05, 4.69) is 5.32 Å². The van der Waals surface area contributed by atoms with E-state index in [-0.39, 0.29) is 18.6 Å². The zero-order valence-corrected chi connectivity index (χ0v) is 10.5. The molecule has 4 nitrogen and oxygen atoms in total. The zero-order valence-electron chi connectivity index (χ0n) is 10.5. The molecular formula is C12H24N2O2. The lowest BCUT2D eigenvalue weighted by Crippen LogP contribution is -2.56. The van der Waals surface area contributed by atoms with E-state index in [1.165, 1.54) is 0 Å². The quantitative estimate of drug-likeness (QED) is 0.624. The fourth-order valence-electron chi connectivity index (χ4n) is 1.90. The Morgan fingerprint density at radius 2 is 2.12 bits per heavy atom. The second-order valence-corrected chi connectivity index (χ2v) is 5.39. The van der Waals surface area contributed by atoms with Gasteiger partial charge >= 0.3 is 0 Å². The standard InChI is InChI=1S/C12H24N2O2/c1-8(2)10(6-7-15)14-11(16)12(3,13)9-4-5-9/h8-10,15H,4-7,13H2,1-3H3,(H,14,16). The SMILES string of the molecule is CC(C)C(CCO)NC(=O)C(C)(N)C1CC1. The summed E-state index contributed by atoms with van der Waals surface area (Å²) in [7, 11) is 0. The molecule has 0 heterocycles. The molecule has 0 bridgehead atoms. The van der Waals surface area contributed by atoms with Crippen molar-refractivity contribution >= 4 is 5.91 Å². The molecule has 1 fully saturated rings. The predicted octanol–water partition coefficient (Wildman–Crippen LogP) is 0.637. The lowest BCUT2D eigenvalue weighted by atomic mass is 9.94. The number of amides is 1. The Hall–Kier alpha value is -0.610. The van der Waals surface area contributed by atoms with Gasteiger partial charge in [0.25, 0.3) is 0 Å². The van der Waals surface area contributed by atoms with Crippen molar-refractivity contribution in [3.05, 3.63) is 0 Å². The molecule has 1 rings (SSSR count). The molecule has 4 N–H and O–H groups in total. The highest BCUT2D eigenvalue weighted by atomic mass is 16.3. The van der Waals surface area contributed by atoms with Crippen molar-refractivity contribution in [2.75, 3.05) is 6.61 Å². The number of nitrogens with one attached hydrogen (secondary N) is 1. The molecule has 2 atom stereocenters. The summed E-state index contributed by atoms with van der Waals surface area (Å²) in [6.45, 7) is 5.96. The van der Waals surface area contributed by atoms with Gasteiger partial charge in [0.15, 0.2) is 0 Å². The van der Waals surface area contributed by atoms with Crippen LogP contribution in [0.4, 0.5) is 0 Å². The van der Waals surface area contributed by atoms with E-state index >= 15 is 0 Å². The fourth-order valence-corrected chi connectivity index (χ4v) is 1.90. The van der Waals surface area contributed by atoms with Gasteiger partial charge in [-0.2, -0.15) is 0 Å². The predicted molar refractivity (Wildman–Crippen MR) is 63.8 cm³/mol. The Morgan fingerprint density at radius 1 is 1.56 bits per heavy atom. The number of hydrogen-bond acceptors (Lipinski definition) is 3. The second-order valence-electron chi connectivity index (χ2n) is 5.39. The Bertz CT molecular complexity index is 247. The zero-order chi connectivity index (χ0) is 12.3. The number of carbonyl (C=O) groups is 1. The molecule has 1 aliphatic carbocycles. The van der Waals surface area contributed by atoms with Gasteiger partial charge in [-0.15, -0.1) is 0 Å². The Labute approximate surface area is 97.6 Å². The van der Waals surface area contributed by atoms with Gasteiger partial charge in [0.1, 0.15) is 0 Å². The van der Waals surface area contributed by atoms with Crippen molar-refractivity contribution in [3.63, 3.8) is 0 Å². The Balaban J connectivity index is 2.53. The average molecular weight is 228 g/mol. The maximum Gasteiger partial charge on any atom is 0.240 e. The van der Waals surface area contributed by atoms with E-state index in [1.54, 1.807) is 6.92 Å². The van der Waals surface area contributed by atoms with Crippen LogP contribution in [-0.2, 0) is 4.79 Å². The number of nitrogens with two attached hydrogens (primary N) is 1. The summed E-state index contributed by atoms with van der Waals surface area (Å²) in [6, 6.07) is 0.0131. The van der Waals surface area contributed by atoms with Gasteiger partial charge in [0.2, 0.25) is 5.91 Å². The minimum atomic E-state index is -0.747. The summed E-state index contributed by atoms with van der Waals surface area (Å²) in [5, 5.41) is 11.9. The lowest BCUT2D eigenvalue weighted by molar-refractivity contribution is -0.127. The molecule has 0 aromatic heterocycles. The van der Waals surface area contributed by atoms with Gasteiger partial charge in [-0.05, 0) is 38.0 Å². The minimum absolute atomic E-state index is 0.0131. The number of aliphatic hydroxyl groups excluding tert-OH is 1. The highest BCUT2D eigenvalue weighted by Gasteiger charge is 2.44. The van der Waals surface area contributed by atoms with Crippen molar-refractivity contribution in [2.24, 2.45) is 17.6 Å². The normalized spacial score (nSPS) is 21.6. The third-order valence-electron chi connectivity index (χ3n) is 3.48. The summed E-state index contributed by atoms with van der Waals surface area (Å²) in [4.78, 5) is 12.0. The van der Waals surface area contributed by atoms with E-state index in [4.69, 9.17) is 10.8 Å². The van der Waals surface area contributed by atoms with Crippen LogP contribution < -0.4 is 11.1 Å². The molecule has 1 amide bonds. The Morgan fingerprint density at radius 3 is 2.50 bits per heavy atom. The van der Waals surface area contributed by atoms with Gasteiger partial charge in [0.05, 0.1) is 5.54 Å². The first-order valence-corrected chi connectivity index (χ1v) is 6.10. The monoisotopic (exact) mass is 228 g/mol. The van der Waals surface area contributed by atoms with Crippen molar-refractivity contribution in [1.82, 2.24) is 5.32 Å². The molecule has 1 aliphatic rings. The number of hydrogen-bond donors (Lipinski definition) is 3. The molecule has 94 valence electrons. The molecular weight excluding hydrogens is 204 g/mol. The number of carbonyl (C=O) groups excluding carboxylic acids is 1. The van der Waals surface area contributed by atoms with Gasteiger partial charge in [-0.3, -0.25) is 4.79 Å². The van der Waals surface area contributed by atoms with Crippen LogP contribution in [0.1, 0.15) is 40.0 Å². The maximum atomic E-state index is 12.0. The lowest BCUT2D eigenvalue weighted by Gasteiger charge is -2.28. The molecule has 0 aliphatic heterocycles. The first-order valence-electron chi connectivity index (χ1n) is 6.10. The molecule has 0 spiro atoms. The number of aliphatic hydroxyl groups is 1. The summed E-state index contributed by atoms with van der Waals surface area (Å²) < 4.78 is 0.